The van der Waals surface area contributed by atoms with E-state index in [2.05, 4.69) is 26.1 Å². The van der Waals surface area contributed by atoms with E-state index < -0.39 is 0 Å². The minimum absolute atomic E-state index is 0.0923. The van der Waals surface area contributed by atoms with Gasteiger partial charge in [-0.25, -0.2) is 0 Å². The molecule has 0 aromatic carbocycles. The minimum Gasteiger partial charge on any atom is -0.360 e. The standard InChI is InChI=1S/C13H23N5O2S/c1-5-7-15-12-18-17-11(21-12)10(20)14-8-6-9(19)16-13(2,3)4/h5-8H2,1-4H3,(H,14,20)(H,15,18)(H,16,19). The van der Waals surface area contributed by atoms with Crippen molar-refractivity contribution in [1.29, 1.82) is 0 Å². The van der Waals surface area contributed by atoms with E-state index in [4.69, 9.17) is 0 Å². The fourth-order valence-electron chi connectivity index (χ4n) is 1.46. The van der Waals surface area contributed by atoms with Gasteiger partial charge in [0.2, 0.25) is 16.0 Å². The summed E-state index contributed by atoms with van der Waals surface area (Å²) in [5.74, 6) is -0.397. The molecule has 1 rings (SSSR count). The average molecular weight is 313 g/mol. The van der Waals surface area contributed by atoms with Crippen LogP contribution in [0.3, 0.4) is 0 Å². The quantitative estimate of drug-likeness (QED) is 0.707. The molecule has 0 bridgehead atoms. The van der Waals surface area contributed by atoms with Gasteiger partial charge in [0, 0.05) is 25.0 Å². The number of nitrogens with one attached hydrogen (secondary N) is 3. The third-order valence-electron chi connectivity index (χ3n) is 2.30. The summed E-state index contributed by atoms with van der Waals surface area (Å²) < 4.78 is 0. The highest BCUT2D eigenvalue weighted by atomic mass is 32.1. The van der Waals surface area contributed by atoms with Crippen LogP contribution >= 0.6 is 11.3 Å². The zero-order valence-corrected chi connectivity index (χ0v) is 13.8. The molecule has 0 saturated heterocycles. The Morgan fingerprint density at radius 2 is 1.90 bits per heavy atom. The highest BCUT2D eigenvalue weighted by Gasteiger charge is 2.15. The normalized spacial score (nSPS) is 11.0. The van der Waals surface area contributed by atoms with E-state index in [9.17, 15) is 9.59 Å². The summed E-state index contributed by atoms with van der Waals surface area (Å²) in [5.41, 5.74) is -0.264. The van der Waals surface area contributed by atoms with E-state index in [1.807, 2.05) is 27.7 Å². The Morgan fingerprint density at radius 3 is 2.52 bits per heavy atom. The van der Waals surface area contributed by atoms with Crippen molar-refractivity contribution in [3.8, 4) is 0 Å². The smallest absolute Gasteiger partial charge is 0.282 e. The molecule has 7 nitrogen and oxygen atoms in total. The summed E-state index contributed by atoms with van der Waals surface area (Å²) in [6.07, 6.45) is 1.22. The lowest BCUT2D eigenvalue weighted by atomic mass is 10.1. The Hall–Kier alpha value is -1.70. The number of nitrogens with zero attached hydrogens (tertiary/aromatic N) is 2. The molecule has 8 heteroatoms. The highest BCUT2D eigenvalue weighted by molar-refractivity contribution is 7.17. The van der Waals surface area contributed by atoms with Gasteiger partial charge < -0.3 is 16.0 Å². The van der Waals surface area contributed by atoms with Crippen LogP contribution in [-0.2, 0) is 4.79 Å². The summed E-state index contributed by atoms with van der Waals surface area (Å²) in [7, 11) is 0. The van der Waals surface area contributed by atoms with Gasteiger partial charge in [-0.3, -0.25) is 9.59 Å². The molecule has 0 spiro atoms. The predicted octanol–water partition coefficient (Wildman–Crippen LogP) is 1.39. The topological polar surface area (TPSA) is 96.0 Å². The maximum Gasteiger partial charge on any atom is 0.282 e. The summed E-state index contributed by atoms with van der Waals surface area (Å²) in [6, 6.07) is 0. The third kappa shape index (κ3) is 7.03. The van der Waals surface area contributed by atoms with Crippen LogP contribution in [-0.4, -0.2) is 40.6 Å². The van der Waals surface area contributed by atoms with Crippen LogP contribution in [0.1, 0.15) is 50.3 Å². The number of hydrogen-bond acceptors (Lipinski definition) is 6. The first kappa shape index (κ1) is 17.4. The van der Waals surface area contributed by atoms with Crippen LogP contribution in [0.15, 0.2) is 0 Å². The third-order valence-corrected chi connectivity index (χ3v) is 3.18. The molecule has 1 aromatic rings. The van der Waals surface area contributed by atoms with Crippen LogP contribution in [0.25, 0.3) is 0 Å². The number of carbonyl (C=O) groups is 2. The second-order valence-corrected chi connectivity index (χ2v) is 6.62. The summed E-state index contributed by atoms with van der Waals surface area (Å²) in [4.78, 5) is 23.4. The van der Waals surface area contributed by atoms with Gasteiger partial charge in [-0.2, -0.15) is 0 Å². The lowest BCUT2D eigenvalue weighted by molar-refractivity contribution is -0.122. The Kier molecular flexibility index (Phi) is 6.54. The van der Waals surface area contributed by atoms with Crippen molar-refractivity contribution in [3.05, 3.63) is 5.01 Å². The molecule has 0 aliphatic rings. The molecular formula is C13H23N5O2S. The molecule has 0 atom stereocenters. The summed E-state index contributed by atoms with van der Waals surface area (Å²) >= 11 is 1.20. The first-order chi connectivity index (χ1) is 9.81. The van der Waals surface area contributed by atoms with Gasteiger partial charge in [-0.1, -0.05) is 18.3 Å². The number of carbonyl (C=O) groups excluding carboxylic acids is 2. The SMILES string of the molecule is CCCNc1nnc(C(=O)NCCC(=O)NC(C)(C)C)s1. The number of rotatable bonds is 7. The fourth-order valence-corrected chi connectivity index (χ4v) is 2.15. The van der Waals surface area contributed by atoms with Crippen LogP contribution in [0.5, 0.6) is 0 Å². The Bertz CT molecular complexity index is 481. The van der Waals surface area contributed by atoms with Gasteiger partial charge in [0.15, 0.2) is 0 Å². The van der Waals surface area contributed by atoms with Crippen molar-refractivity contribution in [2.24, 2.45) is 0 Å². The van der Waals surface area contributed by atoms with Gasteiger partial charge >= 0.3 is 0 Å². The van der Waals surface area contributed by atoms with Crippen molar-refractivity contribution in [3.63, 3.8) is 0 Å². The Morgan fingerprint density at radius 1 is 1.19 bits per heavy atom. The Labute approximate surface area is 128 Å². The van der Waals surface area contributed by atoms with Gasteiger partial charge in [-0.05, 0) is 27.2 Å². The number of hydrogen-bond donors (Lipinski definition) is 3. The maximum atomic E-state index is 11.8. The first-order valence-corrected chi connectivity index (χ1v) is 7.80. The van der Waals surface area contributed by atoms with Crippen LogP contribution < -0.4 is 16.0 Å². The second kappa shape index (κ2) is 7.92. The Balaban J connectivity index is 2.33. The molecule has 1 aromatic heterocycles. The van der Waals surface area contributed by atoms with E-state index >= 15 is 0 Å². The lowest BCUT2D eigenvalue weighted by Gasteiger charge is -2.20. The second-order valence-electron chi connectivity index (χ2n) is 5.64. The predicted molar refractivity (Wildman–Crippen MR) is 83.5 cm³/mol. The van der Waals surface area contributed by atoms with Gasteiger partial charge in [0.1, 0.15) is 0 Å². The van der Waals surface area contributed by atoms with Crippen molar-refractivity contribution in [2.75, 3.05) is 18.4 Å². The molecule has 0 fully saturated rings. The van der Waals surface area contributed by atoms with Crippen molar-refractivity contribution < 1.29 is 9.59 Å². The molecular weight excluding hydrogens is 290 g/mol. The minimum atomic E-state index is -0.305. The van der Waals surface area contributed by atoms with E-state index in [0.29, 0.717) is 10.1 Å². The summed E-state index contributed by atoms with van der Waals surface area (Å²) in [5, 5.41) is 17.2. The first-order valence-electron chi connectivity index (χ1n) is 6.98. The molecule has 0 saturated carbocycles. The van der Waals surface area contributed by atoms with Crippen LogP contribution in [0.4, 0.5) is 5.13 Å². The molecule has 1 heterocycles. The highest BCUT2D eigenvalue weighted by Crippen LogP contribution is 2.14. The van der Waals surface area contributed by atoms with Gasteiger partial charge in [0.05, 0.1) is 0 Å². The molecule has 2 amide bonds. The average Bonchev–Trinajstić information content (AvgIpc) is 2.82. The number of aromatic nitrogens is 2. The lowest BCUT2D eigenvalue weighted by Crippen LogP contribution is -2.41. The van der Waals surface area contributed by atoms with Crippen molar-refractivity contribution in [1.82, 2.24) is 20.8 Å². The van der Waals surface area contributed by atoms with Gasteiger partial charge in [-0.15, -0.1) is 10.2 Å². The molecule has 21 heavy (non-hydrogen) atoms. The number of anilines is 1. The van der Waals surface area contributed by atoms with E-state index in [1.54, 1.807) is 0 Å². The molecule has 0 unspecified atom stereocenters. The summed E-state index contributed by atoms with van der Waals surface area (Å²) in [6.45, 7) is 8.85. The molecule has 3 N–H and O–H groups in total. The van der Waals surface area contributed by atoms with E-state index in [0.717, 1.165) is 13.0 Å². The van der Waals surface area contributed by atoms with E-state index in [-0.39, 0.29) is 30.3 Å². The van der Waals surface area contributed by atoms with Crippen molar-refractivity contribution in [2.45, 2.75) is 46.1 Å². The largest absolute Gasteiger partial charge is 0.360 e. The van der Waals surface area contributed by atoms with Crippen molar-refractivity contribution >= 4 is 28.3 Å². The van der Waals surface area contributed by atoms with Crippen LogP contribution in [0, 0.1) is 0 Å². The molecule has 0 aliphatic carbocycles. The molecule has 118 valence electrons. The maximum absolute atomic E-state index is 11.8. The van der Waals surface area contributed by atoms with Crippen LogP contribution in [0.2, 0.25) is 0 Å². The molecule has 0 aliphatic heterocycles. The van der Waals surface area contributed by atoms with E-state index in [1.165, 1.54) is 11.3 Å². The number of amides is 2. The zero-order valence-electron chi connectivity index (χ0n) is 12.9. The molecule has 0 radical (unpaired) electrons. The monoisotopic (exact) mass is 313 g/mol. The van der Waals surface area contributed by atoms with Gasteiger partial charge in [0.25, 0.3) is 5.91 Å². The zero-order chi connectivity index (χ0) is 15.9. The fraction of sp³-hybridized carbons (Fsp3) is 0.692.